The van der Waals surface area contributed by atoms with Gasteiger partial charge in [0.15, 0.2) is 0 Å². The fraction of sp³-hybridized carbons (Fsp3) is 0.533. The summed E-state index contributed by atoms with van der Waals surface area (Å²) in [6, 6.07) is 4.52. The molecule has 0 bridgehead atoms. The molecule has 3 nitrogen and oxygen atoms in total. The van der Waals surface area contributed by atoms with Gasteiger partial charge in [0.1, 0.15) is 5.82 Å². The number of nitrogens with zero attached hydrogens (tertiary/aromatic N) is 2. The second-order valence-electron chi connectivity index (χ2n) is 5.65. The first-order chi connectivity index (χ1) is 9.02. The maximum absolute atomic E-state index is 4.35. The van der Waals surface area contributed by atoms with Crippen LogP contribution in [-0.2, 0) is 19.5 Å². The van der Waals surface area contributed by atoms with Gasteiger partial charge in [0.05, 0.1) is 6.54 Å². The first-order valence-electron chi connectivity index (χ1n) is 6.79. The lowest BCUT2D eigenvalue weighted by atomic mass is 10.1. The van der Waals surface area contributed by atoms with Crippen molar-refractivity contribution in [1.29, 1.82) is 0 Å². The fourth-order valence-electron chi connectivity index (χ4n) is 2.14. The van der Waals surface area contributed by atoms with Crippen LogP contribution in [0.15, 0.2) is 18.3 Å². The molecule has 19 heavy (non-hydrogen) atoms. The van der Waals surface area contributed by atoms with Crippen molar-refractivity contribution >= 4 is 11.3 Å². The minimum absolute atomic E-state index is 0.732. The van der Waals surface area contributed by atoms with Crippen LogP contribution in [0.4, 0.5) is 0 Å². The van der Waals surface area contributed by atoms with Crippen molar-refractivity contribution in [2.45, 2.75) is 40.3 Å². The second-order valence-corrected chi connectivity index (χ2v) is 6.90. The van der Waals surface area contributed by atoms with Gasteiger partial charge in [-0.1, -0.05) is 13.8 Å². The average Bonchev–Trinajstić information content (AvgIpc) is 2.88. The Morgan fingerprint density at radius 1 is 1.26 bits per heavy atom. The molecule has 2 heterocycles. The Morgan fingerprint density at radius 3 is 2.63 bits per heavy atom. The lowest BCUT2D eigenvalue weighted by Crippen LogP contribution is -2.17. The second kappa shape index (κ2) is 6.35. The molecule has 4 heteroatoms. The van der Waals surface area contributed by atoms with E-state index >= 15 is 0 Å². The SMILES string of the molecule is Cc1cnc(CN(C)Cc2ccc(CC(C)C)s2)[nH]1. The summed E-state index contributed by atoms with van der Waals surface area (Å²) in [5.41, 5.74) is 1.12. The molecule has 0 radical (unpaired) electrons. The van der Waals surface area contributed by atoms with Crippen molar-refractivity contribution in [3.05, 3.63) is 39.6 Å². The topological polar surface area (TPSA) is 31.9 Å². The van der Waals surface area contributed by atoms with E-state index in [0.717, 1.165) is 30.5 Å². The highest BCUT2D eigenvalue weighted by atomic mass is 32.1. The molecule has 0 unspecified atom stereocenters. The number of H-pyrrole nitrogens is 1. The van der Waals surface area contributed by atoms with Gasteiger partial charge in [-0.15, -0.1) is 11.3 Å². The van der Waals surface area contributed by atoms with Crippen LogP contribution >= 0.6 is 11.3 Å². The lowest BCUT2D eigenvalue weighted by molar-refractivity contribution is 0.314. The van der Waals surface area contributed by atoms with E-state index in [0.29, 0.717) is 0 Å². The highest BCUT2D eigenvalue weighted by Gasteiger charge is 2.07. The van der Waals surface area contributed by atoms with Crippen molar-refractivity contribution in [3.63, 3.8) is 0 Å². The molecule has 0 fully saturated rings. The molecule has 2 aromatic rings. The third-order valence-electron chi connectivity index (χ3n) is 2.93. The number of rotatable bonds is 6. The third kappa shape index (κ3) is 4.48. The van der Waals surface area contributed by atoms with Crippen LogP contribution in [0, 0.1) is 12.8 Å². The molecule has 0 spiro atoms. The Balaban J connectivity index is 1.88. The summed E-state index contributed by atoms with van der Waals surface area (Å²) in [6.07, 6.45) is 3.07. The summed E-state index contributed by atoms with van der Waals surface area (Å²) in [5, 5.41) is 0. The highest BCUT2D eigenvalue weighted by Crippen LogP contribution is 2.21. The summed E-state index contributed by atoms with van der Waals surface area (Å²) in [4.78, 5) is 12.8. The van der Waals surface area contributed by atoms with Crippen LogP contribution in [0.25, 0.3) is 0 Å². The molecule has 1 N–H and O–H groups in total. The molecule has 0 aromatic carbocycles. The standard InChI is InChI=1S/C15H23N3S/c1-11(2)7-13-5-6-14(19-13)9-18(4)10-15-16-8-12(3)17-15/h5-6,8,11H,7,9-10H2,1-4H3,(H,16,17). The van der Waals surface area contributed by atoms with Crippen molar-refractivity contribution < 1.29 is 0 Å². The highest BCUT2D eigenvalue weighted by molar-refractivity contribution is 7.11. The Bertz CT molecular complexity index is 513. The van der Waals surface area contributed by atoms with E-state index in [9.17, 15) is 0 Å². The van der Waals surface area contributed by atoms with E-state index in [1.54, 1.807) is 0 Å². The van der Waals surface area contributed by atoms with E-state index in [1.807, 2.05) is 24.5 Å². The number of aromatic amines is 1. The number of hydrogen-bond acceptors (Lipinski definition) is 3. The molecule has 0 aliphatic carbocycles. The lowest BCUT2D eigenvalue weighted by Gasteiger charge is -2.13. The molecule has 0 saturated carbocycles. The number of imidazole rings is 1. The molecular weight excluding hydrogens is 254 g/mol. The maximum atomic E-state index is 4.35. The minimum atomic E-state index is 0.732. The zero-order chi connectivity index (χ0) is 13.8. The van der Waals surface area contributed by atoms with Gasteiger partial charge in [0, 0.05) is 28.2 Å². The molecule has 2 aromatic heterocycles. The normalized spacial score (nSPS) is 11.7. The fourth-order valence-corrected chi connectivity index (χ4v) is 3.45. The predicted molar refractivity (Wildman–Crippen MR) is 81.4 cm³/mol. The van der Waals surface area contributed by atoms with Crippen LogP contribution in [0.5, 0.6) is 0 Å². The largest absolute Gasteiger partial charge is 0.345 e. The average molecular weight is 277 g/mol. The predicted octanol–water partition coefficient (Wildman–Crippen LogP) is 3.61. The van der Waals surface area contributed by atoms with Gasteiger partial charge < -0.3 is 4.98 Å². The van der Waals surface area contributed by atoms with E-state index in [-0.39, 0.29) is 0 Å². The molecule has 104 valence electrons. The molecular formula is C15H23N3S. The van der Waals surface area contributed by atoms with E-state index in [2.05, 4.69) is 47.9 Å². The van der Waals surface area contributed by atoms with Gasteiger partial charge in [-0.2, -0.15) is 0 Å². The summed E-state index contributed by atoms with van der Waals surface area (Å²) in [7, 11) is 2.14. The monoisotopic (exact) mass is 277 g/mol. The zero-order valence-electron chi connectivity index (χ0n) is 12.2. The quantitative estimate of drug-likeness (QED) is 0.874. The third-order valence-corrected chi connectivity index (χ3v) is 4.02. The number of aromatic nitrogens is 2. The Kier molecular flexibility index (Phi) is 4.77. The molecule has 0 amide bonds. The van der Waals surface area contributed by atoms with E-state index in [1.165, 1.54) is 16.2 Å². The summed E-state index contributed by atoms with van der Waals surface area (Å²) < 4.78 is 0. The Labute approximate surface area is 119 Å². The summed E-state index contributed by atoms with van der Waals surface area (Å²) >= 11 is 1.93. The first-order valence-corrected chi connectivity index (χ1v) is 7.61. The zero-order valence-corrected chi connectivity index (χ0v) is 13.0. The number of nitrogens with one attached hydrogen (secondary N) is 1. The van der Waals surface area contributed by atoms with Crippen LogP contribution in [0.2, 0.25) is 0 Å². The molecule has 0 atom stereocenters. The number of thiophene rings is 1. The van der Waals surface area contributed by atoms with Crippen LogP contribution in [0.3, 0.4) is 0 Å². The van der Waals surface area contributed by atoms with Crippen molar-refractivity contribution in [2.24, 2.45) is 5.92 Å². The van der Waals surface area contributed by atoms with Crippen molar-refractivity contribution in [1.82, 2.24) is 14.9 Å². The van der Waals surface area contributed by atoms with Crippen LogP contribution in [0.1, 0.15) is 35.1 Å². The van der Waals surface area contributed by atoms with Gasteiger partial charge in [0.25, 0.3) is 0 Å². The molecule has 0 saturated heterocycles. The number of aryl methyl sites for hydroxylation is 1. The molecule has 0 aliphatic heterocycles. The van der Waals surface area contributed by atoms with Crippen LogP contribution < -0.4 is 0 Å². The van der Waals surface area contributed by atoms with Gasteiger partial charge in [-0.25, -0.2) is 4.98 Å². The summed E-state index contributed by atoms with van der Waals surface area (Å²) in [5.74, 6) is 1.77. The van der Waals surface area contributed by atoms with Crippen molar-refractivity contribution in [3.8, 4) is 0 Å². The van der Waals surface area contributed by atoms with Gasteiger partial charge in [-0.05, 0) is 38.4 Å². The smallest absolute Gasteiger partial charge is 0.120 e. The molecule has 0 aliphatic rings. The van der Waals surface area contributed by atoms with Gasteiger partial charge in [-0.3, -0.25) is 4.90 Å². The molecule has 2 rings (SSSR count). The first kappa shape index (κ1) is 14.3. The Morgan fingerprint density at radius 2 is 2.00 bits per heavy atom. The maximum Gasteiger partial charge on any atom is 0.120 e. The van der Waals surface area contributed by atoms with E-state index < -0.39 is 0 Å². The van der Waals surface area contributed by atoms with Crippen molar-refractivity contribution in [2.75, 3.05) is 7.05 Å². The van der Waals surface area contributed by atoms with Crippen LogP contribution in [-0.4, -0.2) is 21.9 Å². The number of hydrogen-bond donors (Lipinski definition) is 1. The van der Waals surface area contributed by atoms with E-state index in [4.69, 9.17) is 0 Å². The van der Waals surface area contributed by atoms with Gasteiger partial charge >= 0.3 is 0 Å². The Hall–Kier alpha value is -1.13. The minimum Gasteiger partial charge on any atom is -0.345 e. The summed E-state index contributed by atoms with van der Waals surface area (Å²) in [6.45, 7) is 8.43. The van der Waals surface area contributed by atoms with Gasteiger partial charge in [0.2, 0.25) is 0 Å².